The predicted octanol–water partition coefficient (Wildman–Crippen LogP) is 3.97. The number of nitrogens with one attached hydrogen (secondary N) is 1. The third-order valence-electron chi connectivity index (χ3n) is 5.09. The van der Waals surface area contributed by atoms with Crippen molar-refractivity contribution in [1.29, 1.82) is 0 Å². The highest BCUT2D eigenvalue weighted by molar-refractivity contribution is 7.89. The number of fused-ring (bicyclic) bond motifs is 1. The topological polar surface area (TPSA) is 90.0 Å². The highest BCUT2D eigenvalue weighted by Crippen LogP contribution is 2.37. The van der Waals surface area contributed by atoms with Crippen LogP contribution in [0.5, 0.6) is 0 Å². The van der Waals surface area contributed by atoms with E-state index in [1.807, 2.05) is 0 Å². The predicted molar refractivity (Wildman–Crippen MR) is 112 cm³/mol. The van der Waals surface area contributed by atoms with Gasteiger partial charge in [0.15, 0.2) is 0 Å². The average molecular weight is 468 g/mol. The zero-order chi connectivity index (χ0) is 23.1. The van der Waals surface area contributed by atoms with Gasteiger partial charge in [-0.15, -0.1) is 0 Å². The van der Waals surface area contributed by atoms with Crippen LogP contribution >= 0.6 is 0 Å². The fourth-order valence-electron chi connectivity index (χ4n) is 3.33. The van der Waals surface area contributed by atoms with Gasteiger partial charge in [0.25, 0.3) is 0 Å². The number of benzene rings is 2. The van der Waals surface area contributed by atoms with Crippen molar-refractivity contribution in [2.75, 3.05) is 6.54 Å². The fraction of sp³-hybridized carbons (Fsp3) is 0.286. The second-order valence-electron chi connectivity index (χ2n) is 7.57. The molecule has 0 amide bonds. The number of imidazole rings is 1. The maximum Gasteiger partial charge on any atom is 0.416 e. The van der Waals surface area contributed by atoms with Gasteiger partial charge in [-0.2, -0.15) is 13.2 Å². The second-order valence-corrected chi connectivity index (χ2v) is 9.28. The molecule has 11 heteroatoms. The molecule has 6 nitrogen and oxygen atoms in total. The number of hydrogen-bond donors (Lipinski definition) is 2. The molecule has 1 aromatic heterocycles. The molecule has 1 fully saturated rings. The summed E-state index contributed by atoms with van der Waals surface area (Å²) in [5.41, 5.74) is 5.23. The molecule has 3 aromatic rings. The Hall–Kier alpha value is -2.76. The number of alkyl halides is 3. The summed E-state index contributed by atoms with van der Waals surface area (Å²) >= 11 is 0. The average Bonchev–Trinajstić information content (AvgIpc) is 3.44. The SMILES string of the molecule is NCC=C(F)Cn1cnc2c(-c3ccc(S(=O)(=O)NC4CC4)cc3)cc(C(F)(F)F)cc21. The van der Waals surface area contributed by atoms with Gasteiger partial charge in [-0.05, 0) is 48.7 Å². The highest BCUT2D eigenvalue weighted by atomic mass is 32.2. The van der Waals surface area contributed by atoms with E-state index in [4.69, 9.17) is 5.73 Å². The van der Waals surface area contributed by atoms with E-state index in [0.29, 0.717) is 5.56 Å². The summed E-state index contributed by atoms with van der Waals surface area (Å²) in [6, 6.07) is 7.35. The summed E-state index contributed by atoms with van der Waals surface area (Å²) in [5.74, 6) is -0.594. The summed E-state index contributed by atoms with van der Waals surface area (Å²) in [7, 11) is -3.69. The number of sulfonamides is 1. The minimum Gasteiger partial charge on any atom is -0.327 e. The molecule has 1 saturated carbocycles. The van der Waals surface area contributed by atoms with Gasteiger partial charge in [0.1, 0.15) is 5.83 Å². The third kappa shape index (κ3) is 4.69. The molecule has 0 saturated heterocycles. The van der Waals surface area contributed by atoms with Crippen molar-refractivity contribution >= 4 is 21.1 Å². The summed E-state index contributed by atoms with van der Waals surface area (Å²) in [5, 5.41) is 0. The molecule has 0 spiro atoms. The summed E-state index contributed by atoms with van der Waals surface area (Å²) in [6.07, 6.45) is -0.681. The lowest BCUT2D eigenvalue weighted by Gasteiger charge is -2.12. The molecule has 1 aliphatic rings. The van der Waals surface area contributed by atoms with E-state index in [-0.39, 0.29) is 40.6 Å². The van der Waals surface area contributed by atoms with Gasteiger partial charge in [0, 0.05) is 18.2 Å². The molecule has 0 aliphatic heterocycles. The molecule has 0 radical (unpaired) electrons. The molecule has 3 N–H and O–H groups in total. The lowest BCUT2D eigenvalue weighted by Crippen LogP contribution is -2.25. The maximum absolute atomic E-state index is 14.0. The molecule has 1 heterocycles. The van der Waals surface area contributed by atoms with Gasteiger partial charge in [-0.1, -0.05) is 12.1 Å². The number of nitrogens with two attached hydrogens (primary N) is 1. The third-order valence-corrected chi connectivity index (χ3v) is 6.62. The Morgan fingerprint density at radius 2 is 1.91 bits per heavy atom. The van der Waals surface area contributed by atoms with Gasteiger partial charge in [0.05, 0.1) is 34.4 Å². The van der Waals surface area contributed by atoms with Crippen molar-refractivity contribution in [3.05, 3.63) is 60.2 Å². The van der Waals surface area contributed by atoms with E-state index < -0.39 is 27.6 Å². The molecule has 32 heavy (non-hydrogen) atoms. The van der Waals surface area contributed by atoms with E-state index in [0.717, 1.165) is 31.1 Å². The Labute approximate surface area is 181 Å². The first-order valence-electron chi connectivity index (χ1n) is 9.82. The smallest absolute Gasteiger partial charge is 0.327 e. The summed E-state index contributed by atoms with van der Waals surface area (Å²) < 4.78 is 83.2. The van der Waals surface area contributed by atoms with Crippen LogP contribution in [0.25, 0.3) is 22.2 Å². The lowest BCUT2D eigenvalue weighted by atomic mass is 10.0. The zero-order valence-corrected chi connectivity index (χ0v) is 17.5. The van der Waals surface area contributed by atoms with Crippen molar-refractivity contribution < 1.29 is 26.0 Å². The number of rotatable bonds is 7. The molecule has 0 unspecified atom stereocenters. The van der Waals surface area contributed by atoms with Crippen LogP contribution in [0.2, 0.25) is 0 Å². The van der Waals surface area contributed by atoms with Gasteiger partial charge in [0.2, 0.25) is 10.0 Å². The number of hydrogen-bond acceptors (Lipinski definition) is 4. The van der Waals surface area contributed by atoms with Gasteiger partial charge < -0.3 is 10.3 Å². The van der Waals surface area contributed by atoms with Crippen molar-refractivity contribution in [1.82, 2.24) is 14.3 Å². The summed E-state index contributed by atoms with van der Waals surface area (Å²) in [4.78, 5) is 4.21. The summed E-state index contributed by atoms with van der Waals surface area (Å²) in [6.45, 7) is -0.346. The lowest BCUT2D eigenvalue weighted by molar-refractivity contribution is -0.137. The quantitative estimate of drug-likeness (QED) is 0.514. The number of allylic oxidation sites excluding steroid dienone is 1. The second kappa shape index (κ2) is 8.30. The first-order valence-corrected chi connectivity index (χ1v) is 11.3. The van der Waals surface area contributed by atoms with Crippen molar-refractivity contribution in [2.24, 2.45) is 5.73 Å². The zero-order valence-electron chi connectivity index (χ0n) is 16.7. The first kappa shape index (κ1) is 22.4. The van der Waals surface area contributed by atoms with E-state index in [2.05, 4.69) is 9.71 Å². The largest absolute Gasteiger partial charge is 0.416 e. The minimum atomic E-state index is -4.64. The van der Waals surface area contributed by atoms with Gasteiger partial charge in [-0.3, -0.25) is 0 Å². The molecular formula is C21H20F4N4O2S. The Bertz CT molecular complexity index is 1280. The Morgan fingerprint density at radius 3 is 2.50 bits per heavy atom. The Balaban J connectivity index is 1.79. The highest BCUT2D eigenvalue weighted by Gasteiger charge is 2.32. The van der Waals surface area contributed by atoms with E-state index in [1.54, 1.807) is 0 Å². The fourth-order valence-corrected chi connectivity index (χ4v) is 4.64. The molecular weight excluding hydrogens is 448 g/mol. The molecule has 1 aliphatic carbocycles. The van der Waals surface area contributed by atoms with Gasteiger partial charge in [-0.25, -0.2) is 22.5 Å². The van der Waals surface area contributed by atoms with Crippen LogP contribution in [-0.4, -0.2) is 30.6 Å². The molecule has 2 aromatic carbocycles. The maximum atomic E-state index is 14.0. The monoisotopic (exact) mass is 468 g/mol. The van der Waals surface area contributed by atoms with Crippen molar-refractivity contribution in [2.45, 2.75) is 36.5 Å². The minimum absolute atomic E-state index is 0.0240. The van der Waals surface area contributed by atoms with Crippen LogP contribution in [-0.2, 0) is 22.7 Å². The Morgan fingerprint density at radius 1 is 1.22 bits per heavy atom. The van der Waals surface area contributed by atoms with Gasteiger partial charge >= 0.3 is 6.18 Å². The number of halogens is 4. The molecule has 4 rings (SSSR count). The van der Waals surface area contributed by atoms with Crippen LogP contribution < -0.4 is 10.5 Å². The van der Waals surface area contributed by atoms with Crippen LogP contribution in [0, 0.1) is 0 Å². The molecule has 0 bridgehead atoms. The molecule has 0 atom stereocenters. The normalized spacial score (nSPS) is 15.5. The van der Waals surface area contributed by atoms with E-state index >= 15 is 0 Å². The van der Waals surface area contributed by atoms with Crippen LogP contribution in [0.4, 0.5) is 17.6 Å². The van der Waals surface area contributed by atoms with Crippen LogP contribution in [0.1, 0.15) is 18.4 Å². The number of nitrogens with zero attached hydrogens (tertiary/aromatic N) is 2. The van der Waals surface area contributed by atoms with Crippen LogP contribution in [0.15, 0.2) is 59.5 Å². The number of aromatic nitrogens is 2. The van der Waals surface area contributed by atoms with Crippen molar-refractivity contribution in [3.8, 4) is 11.1 Å². The van der Waals surface area contributed by atoms with Crippen LogP contribution in [0.3, 0.4) is 0 Å². The first-order chi connectivity index (χ1) is 15.1. The van der Waals surface area contributed by atoms with E-state index in [1.165, 1.54) is 35.2 Å². The van der Waals surface area contributed by atoms with Crippen molar-refractivity contribution in [3.63, 3.8) is 0 Å². The standard InChI is InChI=1S/C21H20F4N4O2S/c22-15(7-8-26)11-29-12-27-20-18(9-14(10-19(20)29)21(23,24)25)13-1-5-17(6-2-13)32(30,31)28-16-3-4-16/h1-2,5-7,9-10,12,16,28H,3-4,8,11,26H2. The molecule has 170 valence electrons. The van der Waals surface area contributed by atoms with E-state index in [9.17, 15) is 26.0 Å². The Kier molecular flexibility index (Phi) is 5.82.